The van der Waals surface area contributed by atoms with Crippen molar-refractivity contribution in [2.24, 2.45) is 0 Å². The second kappa shape index (κ2) is 12.2. The number of hydrogen-bond donors (Lipinski definition) is 0. The number of sulfonamides is 1. The minimum absolute atomic E-state index is 0.142. The predicted molar refractivity (Wildman–Crippen MR) is 154 cm³/mol. The van der Waals surface area contributed by atoms with Gasteiger partial charge >= 0.3 is 5.97 Å². The number of amides is 1. The molecule has 0 saturated heterocycles. The first-order valence-corrected chi connectivity index (χ1v) is 14.5. The normalized spacial score (nSPS) is 11.4. The average molecular weight is 605 g/mol. The molecule has 0 unspecified atom stereocenters. The van der Waals surface area contributed by atoms with Crippen LogP contribution in [0.15, 0.2) is 65.7 Å². The van der Waals surface area contributed by atoms with E-state index >= 15 is 0 Å². The first kappa shape index (κ1) is 29.3. The van der Waals surface area contributed by atoms with E-state index in [9.17, 15) is 18.0 Å². The van der Waals surface area contributed by atoms with E-state index in [4.69, 9.17) is 27.9 Å². The highest BCUT2D eigenvalue weighted by Gasteiger charge is 2.29. The summed E-state index contributed by atoms with van der Waals surface area (Å²) in [5, 5.41) is 9.17. The van der Waals surface area contributed by atoms with Crippen LogP contribution in [0.3, 0.4) is 0 Å². The van der Waals surface area contributed by atoms with Gasteiger partial charge in [-0.05, 0) is 61.0 Å². The third-order valence-electron chi connectivity index (χ3n) is 5.94. The van der Waals surface area contributed by atoms with Gasteiger partial charge in [-0.25, -0.2) is 8.42 Å². The maximum absolute atomic E-state index is 13.7. The van der Waals surface area contributed by atoms with Gasteiger partial charge in [0.1, 0.15) is 6.54 Å². The summed E-state index contributed by atoms with van der Waals surface area (Å²) in [4.78, 5) is 26.0. The molecule has 10 nitrogen and oxygen atoms in total. The number of carbonyl (C=O) groups excluding carboxylic acids is 2. The van der Waals surface area contributed by atoms with Crippen molar-refractivity contribution in [3.63, 3.8) is 0 Å². The first-order valence-electron chi connectivity index (χ1n) is 12.3. The topological polar surface area (TPSA) is 115 Å². The number of fused-ring (bicyclic) bond motifs is 1. The van der Waals surface area contributed by atoms with Gasteiger partial charge in [-0.2, -0.15) is 0 Å². The Morgan fingerprint density at radius 3 is 2.33 bits per heavy atom. The van der Waals surface area contributed by atoms with Crippen LogP contribution in [0.25, 0.3) is 16.7 Å². The molecule has 4 aromatic rings. The van der Waals surface area contributed by atoms with E-state index in [2.05, 4.69) is 10.2 Å². The number of anilines is 1. The summed E-state index contributed by atoms with van der Waals surface area (Å²) in [5.41, 5.74) is 1.16. The lowest BCUT2D eigenvalue weighted by molar-refractivity contribution is -0.141. The van der Waals surface area contributed by atoms with Crippen LogP contribution in [-0.2, 0) is 19.6 Å². The molecular formula is C27H27Cl2N5O5S. The molecule has 0 atom stereocenters. The van der Waals surface area contributed by atoms with E-state index in [-0.39, 0.29) is 38.8 Å². The van der Waals surface area contributed by atoms with Crippen molar-refractivity contribution in [1.29, 1.82) is 0 Å². The average Bonchev–Trinajstić information content (AvgIpc) is 3.34. The monoisotopic (exact) mass is 603 g/mol. The van der Waals surface area contributed by atoms with Gasteiger partial charge in [0.15, 0.2) is 11.5 Å². The molecule has 0 aliphatic carbocycles. The van der Waals surface area contributed by atoms with Gasteiger partial charge in [-0.3, -0.25) is 18.5 Å². The fourth-order valence-electron chi connectivity index (χ4n) is 3.89. The van der Waals surface area contributed by atoms with Crippen LogP contribution in [0.2, 0.25) is 10.0 Å². The molecular weight excluding hydrogens is 577 g/mol. The van der Waals surface area contributed by atoms with Crippen molar-refractivity contribution in [3.05, 3.63) is 76.5 Å². The number of halogens is 2. The Morgan fingerprint density at radius 2 is 1.70 bits per heavy atom. The van der Waals surface area contributed by atoms with Gasteiger partial charge in [0.2, 0.25) is 0 Å². The van der Waals surface area contributed by atoms with Gasteiger partial charge in [0, 0.05) is 35.7 Å². The summed E-state index contributed by atoms with van der Waals surface area (Å²) in [6.45, 7) is 1.60. The second-order valence-electron chi connectivity index (χ2n) is 9.10. The molecule has 0 spiro atoms. The largest absolute Gasteiger partial charge is 0.464 e. The zero-order chi connectivity index (χ0) is 29.0. The van der Waals surface area contributed by atoms with E-state index < -0.39 is 22.5 Å². The molecule has 0 N–H and O–H groups in total. The highest BCUT2D eigenvalue weighted by atomic mass is 35.5. The van der Waals surface area contributed by atoms with Crippen molar-refractivity contribution < 1.29 is 22.7 Å². The van der Waals surface area contributed by atoms with Gasteiger partial charge < -0.3 is 9.64 Å². The maximum atomic E-state index is 13.7. The Hall–Kier alpha value is -3.67. The number of unbranched alkanes of at least 4 members (excludes halogenated alkanes) is 1. The molecule has 0 aliphatic heterocycles. The molecule has 2 aromatic heterocycles. The summed E-state index contributed by atoms with van der Waals surface area (Å²) in [6, 6.07) is 13.9. The van der Waals surface area contributed by atoms with E-state index in [0.29, 0.717) is 23.1 Å². The number of aromatic nitrogens is 3. The summed E-state index contributed by atoms with van der Waals surface area (Å²) >= 11 is 12.2. The molecule has 0 fully saturated rings. The molecule has 13 heteroatoms. The molecule has 210 valence electrons. The van der Waals surface area contributed by atoms with Gasteiger partial charge in [-0.1, -0.05) is 36.5 Å². The van der Waals surface area contributed by atoms with Crippen LogP contribution >= 0.6 is 23.2 Å². The van der Waals surface area contributed by atoms with E-state index in [1.807, 2.05) is 6.92 Å². The molecule has 40 heavy (non-hydrogen) atoms. The van der Waals surface area contributed by atoms with Gasteiger partial charge in [0.05, 0.1) is 22.7 Å². The Balaban J connectivity index is 1.72. The Kier molecular flexibility index (Phi) is 8.97. The number of hydrogen-bond acceptors (Lipinski definition) is 7. The van der Waals surface area contributed by atoms with Crippen LogP contribution in [0, 0.1) is 0 Å². The SMILES string of the molecule is CCCCOC(=O)CN(c1ccc2c(ccn2-c2ccc(C(=O)N(C)C)nn2)c1)S(=O)(=O)c1cc(Cl)cc(Cl)c1. The first-order chi connectivity index (χ1) is 19.0. The zero-order valence-electron chi connectivity index (χ0n) is 22.0. The number of carbonyl (C=O) groups is 2. The third-order valence-corrected chi connectivity index (χ3v) is 8.13. The van der Waals surface area contributed by atoms with Crippen molar-refractivity contribution in [2.45, 2.75) is 24.7 Å². The van der Waals surface area contributed by atoms with Crippen LogP contribution in [0.5, 0.6) is 0 Å². The van der Waals surface area contributed by atoms with Crippen LogP contribution < -0.4 is 4.31 Å². The molecule has 0 saturated carbocycles. The van der Waals surface area contributed by atoms with Gasteiger partial charge in [-0.15, -0.1) is 10.2 Å². The van der Waals surface area contributed by atoms with Gasteiger partial charge in [0.25, 0.3) is 15.9 Å². The highest BCUT2D eigenvalue weighted by Crippen LogP contribution is 2.31. The lowest BCUT2D eigenvalue weighted by Gasteiger charge is -2.24. The predicted octanol–water partition coefficient (Wildman–Crippen LogP) is 4.97. The quantitative estimate of drug-likeness (QED) is 0.186. The Morgan fingerprint density at radius 1 is 0.975 bits per heavy atom. The fourth-order valence-corrected chi connectivity index (χ4v) is 6.02. The maximum Gasteiger partial charge on any atom is 0.326 e. The minimum Gasteiger partial charge on any atom is -0.464 e. The van der Waals surface area contributed by atoms with Crippen molar-refractivity contribution in [3.8, 4) is 5.82 Å². The van der Waals surface area contributed by atoms with Crippen molar-refractivity contribution in [2.75, 3.05) is 31.6 Å². The highest BCUT2D eigenvalue weighted by molar-refractivity contribution is 7.92. The number of benzene rings is 2. The zero-order valence-corrected chi connectivity index (χ0v) is 24.4. The number of nitrogens with zero attached hydrogens (tertiary/aromatic N) is 5. The summed E-state index contributed by atoms with van der Waals surface area (Å²) in [6.07, 6.45) is 3.23. The minimum atomic E-state index is -4.26. The Bertz CT molecular complexity index is 1640. The Labute approximate surface area is 242 Å². The number of esters is 1. The summed E-state index contributed by atoms with van der Waals surface area (Å²) < 4.78 is 35.5. The number of ether oxygens (including phenoxy) is 1. The molecule has 2 heterocycles. The van der Waals surface area contributed by atoms with Crippen LogP contribution in [0.4, 0.5) is 5.69 Å². The van der Waals surface area contributed by atoms with E-state index in [1.165, 1.54) is 23.1 Å². The standard InChI is InChI=1S/C27H27Cl2N5O5S/c1-4-5-12-39-26(35)17-34(40(37,38)22-15-19(28)14-20(29)16-22)21-6-8-24-18(13-21)10-11-33(24)25-9-7-23(30-31-25)27(36)32(2)3/h6-11,13-16H,4-5,12,17H2,1-3H3. The van der Waals surface area contributed by atoms with Crippen molar-refractivity contribution in [1.82, 2.24) is 19.7 Å². The third kappa shape index (κ3) is 6.38. The number of rotatable bonds is 10. The smallest absolute Gasteiger partial charge is 0.326 e. The molecule has 0 bridgehead atoms. The van der Waals surface area contributed by atoms with E-state index in [1.54, 1.807) is 61.3 Å². The van der Waals surface area contributed by atoms with Crippen molar-refractivity contribution >= 4 is 61.7 Å². The lowest BCUT2D eigenvalue weighted by Crippen LogP contribution is -2.36. The van der Waals surface area contributed by atoms with E-state index in [0.717, 1.165) is 10.7 Å². The summed E-state index contributed by atoms with van der Waals surface area (Å²) in [5.74, 6) is -0.488. The molecule has 0 aliphatic rings. The lowest BCUT2D eigenvalue weighted by atomic mass is 10.2. The molecule has 2 aromatic carbocycles. The van der Waals surface area contributed by atoms with Crippen LogP contribution in [0.1, 0.15) is 30.3 Å². The fraction of sp³-hybridized carbons (Fsp3) is 0.259. The van der Waals surface area contributed by atoms with Crippen LogP contribution in [-0.4, -0.2) is 67.2 Å². The summed E-state index contributed by atoms with van der Waals surface area (Å²) in [7, 11) is -1.00. The molecule has 1 amide bonds. The molecule has 0 radical (unpaired) electrons. The second-order valence-corrected chi connectivity index (χ2v) is 11.8. The molecule has 4 rings (SSSR count).